The molecule has 0 spiro atoms. The monoisotopic (exact) mass is 211 g/mol. The van der Waals surface area contributed by atoms with Crippen LogP contribution in [0.2, 0.25) is 6.04 Å². The lowest BCUT2D eigenvalue weighted by Crippen LogP contribution is -2.54. The van der Waals surface area contributed by atoms with Crippen molar-refractivity contribution < 1.29 is 17.6 Å². The summed E-state index contributed by atoms with van der Waals surface area (Å²) in [5.41, 5.74) is -5.74. The Morgan fingerprint density at radius 2 is 1.77 bits per heavy atom. The van der Waals surface area contributed by atoms with Crippen LogP contribution in [0, 0.1) is 0 Å². The Morgan fingerprint density at radius 1 is 1.15 bits per heavy atom. The average Bonchev–Trinajstić information content (AvgIpc) is 2.04. The fourth-order valence-corrected chi connectivity index (χ4v) is 3.50. The van der Waals surface area contributed by atoms with Crippen molar-refractivity contribution in [3.8, 4) is 0 Å². The summed E-state index contributed by atoms with van der Waals surface area (Å²) in [4.78, 5) is 0. The molecule has 1 fully saturated rings. The SMILES string of the molecule is CC(C)(F)C(F)(F)[Si]1CCCCO1. The maximum Gasteiger partial charge on any atom is 0.299 e. The lowest BCUT2D eigenvalue weighted by atomic mass is 10.2. The minimum atomic E-state index is -3.28. The normalized spacial score (nSPS) is 21.9. The topological polar surface area (TPSA) is 9.23 Å². The number of hydrogen-bond donors (Lipinski definition) is 0. The van der Waals surface area contributed by atoms with Crippen molar-refractivity contribution in [2.45, 2.75) is 43.9 Å². The molecule has 77 valence electrons. The molecule has 5 heteroatoms. The van der Waals surface area contributed by atoms with Gasteiger partial charge in [-0.2, -0.15) is 0 Å². The molecular formula is C8H14F3OSi. The molecule has 1 radical (unpaired) electrons. The van der Waals surface area contributed by atoms with Crippen LogP contribution in [0.3, 0.4) is 0 Å². The van der Waals surface area contributed by atoms with E-state index in [9.17, 15) is 13.2 Å². The van der Waals surface area contributed by atoms with Gasteiger partial charge in [0.25, 0.3) is 14.6 Å². The predicted octanol–water partition coefficient (Wildman–Crippen LogP) is 2.71. The van der Waals surface area contributed by atoms with Crippen LogP contribution in [0.25, 0.3) is 0 Å². The lowest BCUT2D eigenvalue weighted by Gasteiger charge is -2.33. The summed E-state index contributed by atoms with van der Waals surface area (Å²) in [6, 6.07) is 0.352. The average molecular weight is 211 g/mol. The first-order valence-corrected chi connectivity index (χ1v) is 6.03. The summed E-state index contributed by atoms with van der Waals surface area (Å²) in [6.07, 6.45) is 1.55. The van der Waals surface area contributed by atoms with E-state index < -0.39 is 20.3 Å². The molecular weight excluding hydrogens is 197 g/mol. The van der Waals surface area contributed by atoms with E-state index in [4.69, 9.17) is 4.43 Å². The number of alkyl halides is 3. The summed E-state index contributed by atoms with van der Waals surface area (Å²) in [5, 5.41) is 0. The maximum atomic E-state index is 13.4. The summed E-state index contributed by atoms with van der Waals surface area (Å²) < 4.78 is 44.9. The molecule has 1 saturated heterocycles. The van der Waals surface area contributed by atoms with Crippen LogP contribution in [0.1, 0.15) is 26.7 Å². The van der Waals surface area contributed by atoms with Crippen molar-refractivity contribution in [3.63, 3.8) is 0 Å². The minimum absolute atomic E-state index is 0.352. The van der Waals surface area contributed by atoms with Gasteiger partial charge in [0.2, 0.25) is 0 Å². The van der Waals surface area contributed by atoms with Crippen LogP contribution < -0.4 is 0 Å². The molecule has 0 bridgehead atoms. The van der Waals surface area contributed by atoms with E-state index in [-0.39, 0.29) is 0 Å². The van der Waals surface area contributed by atoms with Crippen molar-refractivity contribution in [1.29, 1.82) is 0 Å². The van der Waals surface area contributed by atoms with Crippen LogP contribution in [0.5, 0.6) is 0 Å². The molecule has 0 saturated carbocycles. The Bertz CT molecular complexity index is 173. The van der Waals surface area contributed by atoms with Gasteiger partial charge in [0, 0.05) is 6.61 Å². The smallest absolute Gasteiger partial charge is 0.299 e. The van der Waals surface area contributed by atoms with Crippen LogP contribution >= 0.6 is 0 Å². The Balaban J connectivity index is 2.67. The first-order chi connectivity index (χ1) is 5.86. The van der Waals surface area contributed by atoms with Gasteiger partial charge in [0.15, 0.2) is 5.67 Å². The third-order valence-electron chi connectivity index (χ3n) is 2.17. The highest BCUT2D eigenvalue weighted by molar-refractivity contribution is 6.55. The van der Waals surface area contributed by atoms with Gasteiger partial charge in [-0.25, -0.2) is 13.2 Å². The molecule has 1 aliphatic rings. The molecule has 1 rings (SSSR count). The lowest BCUT2D eigenvalue weighted by molar-refractivity contribution is -0.0696. The molecule has 0 aromatic carbocycles. The van der Waals surface area contributed by atoms with E-state index in [1.165, 1.54) is 0 Å². The predicted molar refractivity (Wildman–Crippen MR) is 45.9 cm³/mol. The van der Waals surface area contributed by atoms with Crippen molar-refractivity contribution in [3.05, 3.63) is 0 Å². The molecule has 0 aromatic rings. The Labute approximate surface area is 78.0 Å². The minimum Gasteiger partial charge on any atom is -0.410 e. The quantitative estimate of drug-likeness (QED) is 0.638. The first-order valence-electron chi connectivity index (χ1n) is 4.41. The highest BCUT2D eigenvalue weighted by Gasteiger charge is 2.56. The summed E-state index contributed by atoms with van der Waals surface area (Å²) in [6.45, 7) is 2.20. The van der Waals surface area contributed by atoms with E-state index in [0.29, 0.717) is 12.7 Å². The van der Waals surface area contributed by atoms with Crippen molar-refractivity contribution in [1.82, 2.24) is 0 Å². The molecule has 0 unspecified atom stereocenters. The van der Waals surface area contributed by atoms with Crippen molar-refractivity contribution >= 4 is 9.04 Å². The fraction of sp³-hybridized carbons (Fsp3) is 1.00. The zero-order valence-corrected chi connectivity index (χ0v) is 8.87. The molecule has 13 heavy (non-hydrogen) atoms. The van der Waals surface area contributed by atoms with Gasteiger partial charge < -0.3 is 4.43 Å². The summed E-state index contributed by atoms with van der Waals surface area (Å²) >= 11 is 0. The van der Waals surface area contributed by atoms with E-state index in [1.54, 1.807) is 0 Å². The zero-order valence-electron chi connectivity index (χ0n) is 7.87. The molecule has 1 nitrogen and oxygen atoms in total. The van der Waals surface area contributed by atoms with Gasteiger partial charge in [-0.1, -0.05) is 6.42 Å². The molecule has 1 heterocycles. The third-order valence-corrected chi connectivity index (χ3v) is 4.83. The maximum absolute atomic E-state index is 13.4. The molecule has 0 atom stereocenters. The molecule has 0 amide bonds. The van der Waals surface area contributed by atoms with Crippen LogP contribution in [0.4, 0.5) is 13.2 Å². The second-order valence-electron chi connectivity index (χ2n) is 3.78. The Hall–Kier alpha value is -0.0331. The molecule has 0 N–H and O–H groups in total. The van der Waals surface area contributed by atoms with Gasteiger partial charge in [-0.15, -0.1) is 0 Å². The Kier molecular flexibility index (Phi) is 3.07. The van der Waals surface area contributed by atoms with Crippen LogP contribution in [0.15, 0.2) is 0 Å². The van der Waals surface area contributed by atoms with Crippen molar-refractivity contribution in [2.24, 2.45) is 0 Å². The fourth-order valence-electron chi connectivity index (χ4n) is 1.23. The largest absolute Gasteiger partial charge is 0.410 e. The summed E-state index contributed by atoms with van der Waals surface area (Å²) in [5.74, 6) is 0. The van der Waals surface area contributed by atoms with E-state index >= 15 is 0 Å². The third kappa shape index (κ3) is 2.25. The Morgan fingerprint density at radius 3 is 2.15 bits per heavy atom. The van der Waals surface area contributed by atoms with Crippen molar-refractivity contribution in [2.75, 3.05) is 6.61 Å². The summed E-state index contributed by atoms with van der Waals surface area (Å²) in [7, 11) is -2.29. The molecule has 0 aromatic heterocycles. The van der Waals surface area contributed by atoms with Crippen LogP contribution in [-0.4, -0.2) is 26.9 Å². The first kappa shape index (κ1) is 11.0. The number of halogens is 3. The highest BCUT2D eigenvalue weighted by atomic mass is 28.3. The van der Waals surface area contributed by atoms with Gasteiger partial charge in [0.1, 0.15) is 0 Å². The van der Waals surface area contributed by atoms with E-state index in [1.807, 2.05) is 0 Å². The van der Waals surface area contributed by atoms with Gasteiger partial charge in [-0.3, -0.25) is 0 Å². The molecule has 0 aliphatic carbocycles. The van der Waals surface area contributed by atoms with E-state index in [0.717, 1.165) is 26.7 Å². The standard InChI is InChI=1S/C8H14F3OSi/c1-7(2,9)8(10,11)13-6-4-3-5-12-13/h3-6H2,1-2H3. The molecule has 1 aliphatic heterocycles. The van der Waals surface area contributed by atoms with E-state index in [2.05, 4.69) is 0 Å². The van der Waals surface area contributed by atoms with Gasteiger partial charge in [-0.05, 0) is 26.3 Å². The zero-order chi connectivity index (χ0) is 10.1. The number of rotatable bonds is 2. The highest BCUT2D eigenvalue weighted by Crippen LogP contribution is 2.37. The van der Waals surface area contributed by atoms with Gasteiger partial charge in [0.05, 0.1) is 0 Å². The number of hydrogen-bond acceptors (Lipinski definition) is 1. The van der Waals surface area contributed by atoms with Gasteiger partial charge >= 0.3 is 0 Å². The second-order valence-corrected chi connectivity index (χ2v) is 6.04. The van der Waals surface area contributed by atoms with Crippen LogP contribution in [-0.2, 0) is 4.43 Å². The second kappa shape index (κ2) is 3.61.